The molecule has 1 fully saturated rings. The Morgan fingerprint density at radius 3 is 2.09 bits per heavy atom. The molecule has 1 aliphatic rings. The summed E-state index contributed by atoms with van der Waals surface area (Å²) in [6, 6.07) is 32.5. The zero-order chi connectivity index (χ0) is 30.5. The van der Waals surface area contributed by atoms with E-state index in [0.717, 1.165) is 16.5 Å². The van der Waals surface area contributed by atoms with Gasteiger partial charge in [0, 0.05) is 54.7 Å². The maximum absolute atomic E-state index is 14.1. The number of fused-ring (bicyclic) bond motifs is 1. The molecule has 7 nitrogen and oxygen atoms in total. The van der Waals surface area contributed by atoms with Gasteiger partial charge in [0.15, 0.2) is 0 Å². The van der Waals surface area contributed by atoms with Crippen LogP contribution in [0.4, 0.5) is 10.5 Å². The third-order valence-electron chi connectivity index (χ3n) is 8.10. The molecule has 3 N–H and O–H groups in total. The van der Waals surface area contributed by atoms with Gasteiger partial charge in [-0.2, -0.15) is 0 Å². The molecule has 1 saturated heterocycles. The second-order valence-electron chi connectivity index (χ2n) is 10.9. The number of H-pyrrole nitrogens is 1. The molecule has 224 valence electrons. The Morgan fingerprint density at radius 1 is 0.795 bits per heavy atom. The van der Waals surface area contributed by atoms with Gasteiger partial charge >= 0.3 is 6.03 Å². The Labute approximate surface area is 266 Å². The fraction of sp³-hybridized carbons (Fsp3) is 0.200. The molecule has 1 unspecified atom stereocenters. The monoisotopic (exact) mass is 625 g/mol. The lowest BCUT2D eigenvalue weighted by Crippen LogP contribution is -2.56. The summed E-state index contributed by atoms with van der Waals surface area (Å²) in [6.07, 6.45) is 2.24. The summed E-state index contributed by atoms with van der Waals surface area (Å²) >= 11 is 12.3. The number of carbonyl (C=O) groups excluding carboxylic acids is 2. The smallest absolute Gasteiger partial charge is 0.319 e. The third-order valence-corrected chi connectivity index (χ3v) is 8.65. The lowest BCUT2D eigenvalue weighted by molar-refractivity contribution is -0.135. The van der Waals surface area contributed by atoms with Gasteiger partial charge in [-0.3, -0.25) is 9.69 Å². The van der Waals surface area contributed by atoms with Crippen molar-refractivity contribution in [2.24, 2.45) is 0 Å². The number of para-hydroxylation sites is 1. The van der Waals surface area contributed by atoms with Crippen molar-refractivity contribution in [3.63, 3.8) is 0 Å². The summed E-state index contributed by atoms with van der Waals surface area (Å²) in [4.78, 5) is 34.8. The SMILES string of the molecule is O=C(Nc1ccc(Cl)cc1Cl)NC(Cc1c[nH]c2ccccc12)C(=O)N1CCN(C(c2ccccc2)c2ccccc2)CC1. The van der Waals surface area contributed by atoms with Gasteiger partial charge in [-0.25, -0.2) is 4.79 Å². The highest BCUT2D eigenvalue weighted by Crippen LogP contribution is 2.30. The molecule has 9 heteroatoms. The van der Waals surface area contributed by atoms with Crippen molar-refractivity contribution in [1.82, 2.24) is 20.1 Å². The van der Waals surface area contributed by atoms with Crippen LogP contribution in [0.3, 0.4) is 0 Å². The molecule has 5 aromatic rings. The summed E-state index contributed by atoms with van der Waals surface area (Å²) in [6.45, 7) is 2.50. The van der Waals surface area contributed by atoms with Crippen LogP contribution < -0.4 is 10.6 Å². The summed E-state index contributed by atoms with van der Waals surface area (Å²) in [7, 11) is 0. The minimum absolute atomic E-state index is 0.0877. The maximum Gasteiger partial charge on any atom is 0.319 e. The van der Waals surface area contributed by atoms with Crippen LogP contribution in [0.15, 0.2) is 109 Å². The lowest BCUT2D eigenvalue weighted by atomic mass is 9.96. The number of piperazine rings is 1. The number of nitrogens with one attached hydrogen (secondary N) is 3. The number of urea groups is 1. The molecule has 6 rings (SSSR count). The number of rotatable bonds is 8. The van der Waals surface area contributed by atoms with Gasteiger partial charge in [-0.05, 0) is 41.0 Å². The second-order valence-corrected chi connectivity index (χ2v) is 11.8. The van der Waals surface area contributed by atoms with E-state index in [4.69, 9.17) is 23.2 Å². The lowest BCUT2D eigenvalue weighted by Gasteiger charge is -2.40. The Balaban J connectivity index is 1.20. The number of aromatic amines is 1. The predicted octanol–water partition coefficient (Wildman–Crippen LogP) is 7.14. The Morgan fingerprint density at radius 2 is 1.43 bits per heavy atom. The number of amides is 3. The molecule has 0 bridgehead atoms. The van der Waals surface area contributed by atoms with E-state index >= 15 is 0 Å². The molecule has 1 aliphatic heterocycles. The molecule has 0 radical (unpaired) electrons. The van der Waals surface area contributed by atoms with Gasteiger partial charge in [0.2, 0.25) is 5.91 Å². The average Bonchev–Trinajstić information content (AvgIpc) is 3.46. The van der Waals surface area contributed by atoms with Crippen LogP contribution in [0.25, 0.3) is 10.9 Å². The highest BCUT2D eigenvalue weighted by atomic mass is 35.5. The van der Waals surface area contributed by atoms with E-state index in [9.17, 15) is 9.59 Å². The zero-order valence-corrected chi connectivity index (χ0v) is 25.6. The molecule has 0 saturated carbocycles. The molecule has 44 heavy (non-hydrogen) atoms. The summed E-state index contributed by atoms with van der Waals surface area (Å²) < 4.78 is 0. The highest BCUT2D eigenvalue weighted by Gasteiger charge is 2.32. The number of nitrogens with zero attached hydrogens (tertiary/aromatic N) is 2. The molecule has 3 amide bonds. The molecule has 2 heterocycles. The summed E-state index contributed by atoms with van der Waals surface area (Å²) in [5.74, 6) is -0.122. The maximum atomic E-state index is 14.1. The van der Waals surface area contributed by atoms with E-state index < -0.39 is 12.1 Å². The van der Waals surface area contributed by atoms with Crippen molar-refractivity contribution in [3.05, 3.63) is 136 Å². The Hall–Kier alpha value is -4.30. The first-order valence-electron chi connectivity index (χ1n) is 14.7. The van der Waals surface area contributed by atoms with Crippen LogP contribution in [0, 0.1) is 0 Å². The van der Waals surface area contributed by atoms with Crippen molar-refractivity contribution in [1.29, 1.82) is 0 Å². The second kappa shape index (κ2) is 13.6. The Bertz CT molecular complexity index is 1700. The van der Waals surface area contributed by atoms with E-state index in [1.54, 1.807) is 18.2 Å². The number of hydrogen-bond donors (Lipinski definition) is 3. The number of benzene rings is 4. The van der Waals surface area contributed by atoms with Crippen molar-refractivity contribution < 1.29 is 9.59 Å². The van der Waals surface area contributed by atoms with Gasteiger partial charge in [0.05, 0.1) is 16.8 Å². The Kier molecular flexibility index (Phi) is 9.17. The molecular weight excluding hydrogens is 593 g/mol. The van der Waals surface area contributed by atoms with Crippen LogP contribution in [0.1, 0.15) is 22.7 Å². The van der Waals surface area contributed by atoms with Crippen molar-refractivity contribution in [2.75, 3.05) is 31.5 Å². The minimum Gasteiger partial charge on any atom is -0.361 e. The van der Waals surface area contributed by atoms with E-state index in [0.29, 0.717) is 48.3 Å². The van der Waals surface area contributed by atoms with Crippen LogP contribution in [0.2, 0.25) is 10.0 Å². The predicted molar refractivity (Wildman–Crippen MR) is 177 cm³/mol. The number of hydrogen-bond acceptors (Lipinski definition) is 3. The first-order chi connectivity index (χ1) is 21.5. The third kappa shape index (κ3) is 6.76. The zero-order valence-electron chi connectivity index (χ0n) is 24.0. The normalized spacial score (nSPS) is 14.5. The van der Waals surface area contributed by atoms with Gasteiger partial charge in [-0.15, -0.1) is 0 Å². The highest BCUT2D eigenvalue weighted by molar-refractivity contribution is 6.36. The molecule has 0 spiro atoms. The van der Waals surface area contributed by atoms with E-state index in [1.165, 1.54) is 11.1 Å². The standard InChI is InChI=1S/C35H33Cl2N5O2/c36-27-15-16-31(29(37)22-27)39-35(44)40-32(21-26-23-38-30-14-8-7-13-28(26)30)34(43)42-19-17-41(18-20-42)33(24-9-3-1-4-10-24)25-11-5-2-6-12-25/h1-16,22-23,32-33,38H,17-21H2,(H2,39,40,44). The van der Waals surface area contributed by atoms with Crippen molar-refractivity contribution >= 4 is 51.7 Å². The van der Waals surface area contributed by atoms with Crippen LogP contribution in [-0.4, -0.2) is 58.9 Å². The number of aromatic nitrogens is 1. The molecule has 4 aromatic carbocycles. The van der Waals surface area contributed by atoms with Crippen molar-refractivity contribution in [2.45, 2.75) is 18.5 Å². The van der Waals surface area contributed by atoms with Gasteiger partial charge < -0.3 is 20.5 Å². The van der Waals surface area contributed by atoms with Crippen LogP contribution >= 0.6 is 23.2 Å². The summed E-state index contributed by atoms with van der Waals surface area (Å²) in [5, 5.41) is 7.51. The fourth-order valence-corrected chi connectivity index (χ4v) is 6.39. The average molecular weight is 627 g/mol. The molecular formula is C35H33Cl2N5O2. The topological polar surface area (TPSA) is 80.5 Å². The van der Waals surface area contributed by atoms with E-state index in [-0.39, 0.29) is 11.9 Å². The van der Waals surface area contributed by atoms with Gasteiger partial charge in [-0.1, -0.05) is 102 Å². The van der Waals surface area contributed by atoms with Crippen LogP contribution in [-0.2, 0) is 11.2 Å². The van der Waals surface area contributed by atoms with Crippen molar-refractivity contribution in [3.8, 4) is 0 Å². The first kappa shape index (κ1) is 29.8. The van der Waals surface area contributed by atoms with E-state index in [1.807, 2.05) is 47.5 Å². The quantitative estimate of drug-likeness (QED) is 0.171. The largest absolute Gasteiger partial charge is 0.361 e. The first-order valence-corrected chi connectivity index (χ1v) is 15.4. The van der Waals surface area contributed by atoms with Gasteiger partial charge in [0.25, 0.3) is 0 Å². The fourth-order valence-electron chi connectivity index (χ4n) is 5.93. The molecule has 0 aliphatic carbocycles. The summed E-state index contributed by atoms with van der Waals surface area (Å²) in [5.41, 5.74) is 4.78. The van der Waals surface area contributed by atoms with E-state index in [2.05, 4.69) is 69.0 Å². The van der Waals surface area contributed by atoms with Gasteiger partial charge in [0.1, 0.15) is 6.04 Å². The van der Waals surface area contributed by atoms with Crippen LogP contribution in [0.5, 0.6) is 0 Å². The minimum atomic E-state index is -0.786. The number of anilines is 1. The number of halogens is 2. The molecule has 1 aromatic heterocycles. The molecule has 1 atom stereocenters. The number of carbonyl (C=O) groups is 2.